The van der Waals surface area contributed by atoms with Crippen molar-refractivity contribution in [3.8, 4) is 5.75 Å². The minimum atomic E-state index is -0.889. The molecule has 1 aromatic carbocycles. The first kappa shape index (κ1) is 16.8. The normalized spacial score (nSPS) is 26.1. The van der Waals surface area contributed by atoms with Gasteiger partial charge in [-0.3, -0.25) is 4.79 Å². The van der Waals surface area contributed by atoms with Crippen LogP contribution in [0.25, 0.3) is 0 Å². The lowest BCUT2D eigenvalue weighted by atomic mass is 9.84. The van der Waals surface area contributed by atoms with Crippen molar-refractivity contribution in [2.24, 2.45) is 5.92 Å². The summed E-state index contributed by atoms with van der Waals surface area (Å²) in [5.41, 5.74) is 2.35. The summed E-state index contributed by atoms with van der Waals surface area (Å²) in [6, 6.07) is 2.98. The Morgan fingerprint density at radius 3 is 2.38 bits per heavy atom. The zero-order valence-electron chi connectivity index (χ0n) is 14.5. The van der Waals surface area contributed by atoms with Crippen molar-refractivity contribution in [3.05, 3.63) is 28.8 Å². The van der Waals surface area contributed by atoms with Gasteiger partial charge in [0.15, 0.2) is 0 Å². The van der Waals surface area contributed by atoms with Crippen LogP contribution in [0.4, 0.5) is 0 Å². The number of carbonyl (C=O) groups is 2. The van der Waals surface area contributed by atoms with E-state index in [9.17, 15) is 14.7 Å². The topological polar surface area (TPSA) is 66.8 Å². The van der Waals surface area contributed by atoms with E-state index in [2.05, 4.69) is 0 Å². The molecule has 2 fully saturated rings. The summed E-state index contributed by atoms with van der Waals surface area (Å²) in [5, 5.41) is 9.60. The van der Waals surface area contributed by atoms with Gasteiger partial charge >= 0.3 is 5.97 Å². The summed E-state index contributed by atoms with van der Waals surface area (Å²) in [6.07, 6.45) is 4.72. The number of ether oxygens (including phenoxy) is 1. The van der Waals surface area contributed by atoms with Crippen molar-refractivity contribution < 1.29 is 19.4 Å². The maximum Gasteiger partial charge on any atom is 0.326 e. The molecule has 0 radical (unpaired) electrons. The highest BCUT2D eigenvalue weighted by Gasteiger charge is 2.47. The maximum atomic E-state index is 13.1. The summed E-state index contributed by atoms with van der Waals surface area (Å²) in [6.45, 7) is 3.81. The van der Waals surface area contributed by atoms with Crippen molar-refractivity contribution >= 4 is 11.9 Å². The van der Waals surface area contributed by atoms with Crippen molar-refractivity contribution in [3.63, 3.8) is 0 Å². The van der Waals surface area contributed by atoms with Gasteiger partial charge in [-0.05, 0) is 62.3 Å². The van der Waals surface area contributed by atoms with Crippen LogP contribution in [0.5, 0.6) is 5.75 Å². The van der Waals surface area contributed by atoms with Crippen LogP contribution in [0.3, 0.4) is 0 Å². The Hall–Kier alpha value is -2.04. The van der Waals surface area contributed by atoms with E-state index in [-0.39, 0.29) is 11.9 Å². The van der Waals surface area contributed by atoms with E-state index in [1.165, 1.54) is 0 Å². The molecule has 3 unspecified atom stereocenters. The van der Waals surface area contributed by atoms with E-state index >= 15 is 0 Å². The number of hydrogen-bond acceptors (Lipinski definition) is 3. The molecule has 1 amide bonds. The van der Waals surface area contributed by atoms with Crippen molar-refractivity contribution in [2.45, 2.75) is 58.0 Å². The fraction of sp³-hybridized carbons (Fsp3) is 0.579. The van der Waals surface area contributed by atoms with Crippen LogP contribution in [0, 0.1) is 19.8 Å². The van der Waals surface area contributed by atoms with Crippen molar-refractivity contribution in [1.82, 2.24) is 4.90 Å². The number of aryl methyl sites for hydroxylation is 2. The fourth-order valence-electron chi connectivity index (χ4n) is 4.52. The quantitative estimate of drug-likeness (QED) is 0.924. The molecule has 5 heteroatoms. The molecule has 3 atom stereocenters. The van der Waals surface area contributed by atoms with Gasteiger partial charge in [0.1, 0.15) is 11.8 Å². The molecule has 0 spiro atoms. The molecular weight excluding hydrogens is 306 g/mol. The Labute approximate surface area is 142 Å². The molecule has 1 aliphatic carbocycles. The zero-order valence-corrected chi connectivity index (χ0v) is 14.5. The van der Waals surface area contributed by atoms with Gasteiger partial charge in [0, 0.05) is 11.6 Å². The molecule has 1 saturated heterocycles. The lowest BCUT2D eigenvalue weighted by Crippen LogP contribution is -2.46. The van der Waals surface area contributed by atoms with Crippen LogP contribution in [0.1, 0.15) is 53.6 Å². The van der Waals surface area contributed by atoms with Crippen molar-refractivity contribution in [1.29, 1.82) is 0 Å². The van der Waals surface area contributed by atoms with Crippen molar-refractivity contribution in [2.75, 3.05) is 7.11 Å². The molecule has 1 aliphatic heterocycles. The number of amides is 1. The van der Waals surface area contributed by atoms with Gasteiger partial charge in [-0.15, -0.1) is 0 Å². The molecule has 1 heterocycles. The van der Waals surface area contributed by atoms with Gasteiger partial charge < -0.3 is 14.7 Å². The molecule has 1 aromatic rings. The highest BCUT2D eigenvalue weighted by molar-refractivity contribution is 5.98. The van der Waals surface area contributed by atoms with Gasteiger partial charge in [-0.1, -0.05) is 12.8 Å². The number of hydrogen-bond donors (Lipinski definition) is 1. The zero-order chi connectivity index (χ0) is 17.4. The highest BCUT2D eigenvalue weighted by Crippen LogP contribution is 2.41. The molecule has 5 nitrogen and oxygen atoms in total. The second-order valence-electron chi connectivity index (χ2n) is 7.06. The number of methoxy groups -OCH3 is 1. The van der Waals surface area contributed by atoms with Gasteiger partial charge in [-0.2, -0.15) is 0 Å². The molecule has 24 heavy (non-hydrogen) atoms. The van der Waals surface area contributed by atoms with E-state index in [0.717, 1.165) is 42.6 Å². The SMILES string of the molecule is COc1c(C)cc(C(=O)N2C(C(=O)O)CC3CCCCC32)cc1C. The lowest BCUT2D eigenvalue weighted by molar-refractivity contribution is -0.141. The van der Waals surface area contributed by atoms with Crippen LogP contribution < -0.4 is 4.74 Å². The van der Waals surface area contributed by atoms with E-state index in [1.807, 2.05) is 26.0 Å². The van der Waals surface area contributed by atoms with E-state index in [0.29, 0.717) is 17.9 Å². The molecule has 0 bridgehead atoms. The monoisotopic (exact) mass is 331 g/mol. The minimum absolute atomic E-state index is 0.0649. The van der Waals surface area contributed by atoms with Crippen LogP contribution in [-0.2, 0) is 4.79 Å². The Morgan fingerprint density at radius 1 is 1.17 bits per heavy atom. The third-order valence-electron chi connectivity index (χ3n) is 5.52. The maximum absolute atomic E-state index is 13.1. The van der Waals surface area contributed by atoms with Crippen LogP contribution in [0.15, 0.2) is 12.1 Å². The fourth-order valence-corrected chi connectivity index (χ4v) is 4.52. The highest BCUT2D eigenvalue weighted by atomic mass is 16.5. The summed E-state index contributed by atoms with van der Waals surface area (Å²) < 4.78 is 5.36. The Morgan fingerprint density at radius 2 is 1.79 bits per heavy atom. The largest absolute Gasteiger partial charge is 0.496 e. The van der Waals surface area contributed by atoms with E-state index in [4.69, 9.17) is 4.74 Å². The summed E-state index contributed by atoms with van der Waals surface area (Å²) >= 11 is 0. The van der Waals surface area contributed by atoms with E-state index in [1.54, 1.807) is 12.0 Å². The number of nitrogens with zero attached hydrogens (tertiary/aromatic N) is 1. The summed E-state index contributed by atoms with van der Waals surface area (Å²) in [4.78, 5) is 26.5. The first-order chi connectivity index (χ1) is 11.4. The third-order valence-corrected chi connectivity index (χ3v) is 5.52. The number of rotatable bonds is 3. The molecule has 1 N–H and O–H groups in total. The van der Waals surface area contributed by atoms with Crippen LogP contribution >= 0.6 is 0 Å². The van der Waals surface area contributed by atoms with Crippen LogP contribution in [-0.4, -0.2) is 41.1 Å². The minimum Gasteiger partial charge on any atom is -0.496 e. The smallest absolute Gasteiger partial charge is 0.326 e. The third kappa shape index (κ3) is 2.76. The number of carboxylic acid groups (broad SMARTS) is 1. The van der Waals surface area contributed by atoms with Crippen LogP contribution in [0.2, 0.25) is 0 Å². The second-order valence-corrected chi connectivity index (χ2v) is 7.06. The molecule has 3 rings (SSSR count). The number of carboxylic acids is 1. The molecule has 130 valence electrons. The van der Waals surface area contributed by atoms with Gasteiger partial charge in [0.2, 0.25) is 0 Å². The predicted octanol–water partition coefficient (Wildman–Crippen LogP) is 3.17. The Balaban J connectivity index is 1.96. The number of benzene rings is 1. The summed E-state index contributed by atoms with van der Waals surface area (Å²) in [7, 11) is 1.62. The first-order valence-corrected chi connectivity index (χ1v) is 8.64. The standard InChI is InChI=1S/C19H25NO4/c1-11-8-14(9-12(2)17(11)24-3)18(21)20-15-7-5-4-6-13(15)10-16(20)19(22)23/h8-9,13,15-16H,4-7,10H2,1-3H3,(H,22,23). The average molecular weight is 331 g/mol. The van der Waals surface area contributed by atoms with E-state index < -0.39 is 12.0 Å². The number of likely N-dealkylation sites (tertiary alicyclic amines) is 1. The number of fused-ring (bicyclic) bond motifs is 1. The first-order valence-electron chi connectivity index (χ1n) is 8.64. The Bertz CT molecular complexity index is 646. The summed E-state index contributed by atoms with van der Waals surface area (Å²) in [5.74, 6) is 0.0490. The van der Waals surface area contributed by atoms with Gasteiger partial charge in [0.25, 0.3) is 5.91 Å². The molecule has 2 aliphatic rings. The van der Waals surface area contributed by atoms with Gasteiger partial charge in [-0.25, -0.2) is 4.79 Å². The van der Waals surface area contributed by atoms with Gasteiger partial charge in [0.05, 0.1) is 7.11 Å². The average Bonchev–Trinajstić information content (AvgIpc) is 2.93. The second kappa shape index (κ2) is 6.46. The molecule has 1 saturated carbocycles. The number of aliphatic carboxylic acids is 1. The predicted molar refractivity (Wildman–Crippen MR) is 90.4 cm³/mol. The lowest BCUT2D eigenvalue weighted by Gasteiger charge is -2.33. The molecule has 0 aromatic heterocycles. The Kier molecular flexibility index (Phi) is 4.52. The molecular formula is C19H25NO4. The number of carbonyl (C=O) groups excluding carboxylic acids is 1.